The van der Waals surface area contributed by atoms with Crippen molar-refractivity contribution in [3.05, 3.63) is 101 Å². The van der Waals surface area contributed by atoms with E-state index in [0.29, 0.717) is 56.0 Å². The lowest BCUT2D eigenvalue weighted by atomic mass is 9.55. The maximum atomic E-state index is 14.8. The van der Waals surface area contributed by atoms with Crippen LogP contribution in [0.5, 0.6) is 11.5 Å². The number of aliphatic hydroxyl groups is 2. The van der Waals surface area contributed by atoms with E-state index < -0.39 is 22.7 Å². The second-order valence-electron chi connectivity index (χ2n) is 17.7. The number of carbonyl (C=O) groups is 1. The summed E-state index contributed by atoms with van der Waals surface area (Å²) in [5, 5.41) is 36.1. The first kappa shape index (κ1) is 50.5. The van der Waals surface area contributed by atoms with Gasteiger partial charge in [0.15, 0.2) is 0 Å². The maximum absolute atomic E-state index is 14.8. The minimum Gasteiger partial charge on any atom is -0.490 e. The first-order valence-electron chi connectivity index (χ1n) is 24.2. The first-order valence-corrected chi connectivity index (χ1v) is 24.2. The average Bonchev–Trinajstić information content (AvgIpc) is 3.30. The molecule has 1 amide bonds. The molecule has 352 valence electrons. The number of benzene rings is 2. The molecular weight excluding hydrogens is 811 g/mol. The molecule has 2 aromatic rings. The smallest absolute Gasteiger partial charge is 0.269 e. The number of non-ortho nitro benzene ring substituents is 1. The number of aliphatic hydroxyl groups excluding tert-OH is 2. The number of carbonyl (C=O) groups excluding carboxylic acids is 1. The predicted octanol–water partition coefficient (Wildman–Crippen LogP) is 11.2. The summed E-state index contributed by atoms with van der Waals surface area (Å²) < 4.78 is 20.6. The van der Waals surface area contributed by atoms with Gasteiger partial charge >= 0.3 is 0 Å². The molecular formula is C52H75N3O9. The van der Waals surface area contributed by atoms with Crippen LogP contribution in [0.4, 0.5) is 5.69 Å². The van der Waals surface area contributed by atoms with Gasteiger partial charge < -0.3 is 34.2 Å². The minimum atomic E-state index is -1.33. The normalized spacial score (nSPS) is 22.7. The third-order valence-corrected chi connectivity index (χ3v) is 13.2. The van der Waals surface area contributed by atoms with Gasteiger partial charge in [-0.05, 0) is 91.8 Å². The van der Waals surface area contributed by atoms with Crippen molar-refractivity contribution in [3.8, 4) is 11.5 Å². The number of rotatable bonds is 31. The van der Waals surface area contributed by atoms with Gasteiger partial charge in [-0.3, -0.25) is 14.9 Å². The number of unbranched alkanes of at least 4 members (excludes halogenated alkanes) is 10. The Morgan fingerprint density at radius 2 is 1.59 bits per heavy atom. The van der Waals surface area contributed by atoms with Gasteiger partial charge in [0.25, 0.3) is 5.69 Å². The zero-order chi connectivity index (χ0) is 45.7. The van der Waals surface area contributed by atoms with Gasteiger partial charge in [-0.15, -0.1) is 6.58 Å². The van der Waals surface area contributed by atoms with Crippen LogP contribution in [0, 0.1) is 27.9 Å². The fourth-order valence-corrected chi connectivity index (χ4v) is 10.2. The van der Waals surface area contributed by atoms with Crippen molar-refractivity contribution in [2.75, 3.05) is 33.0 Å². The lowest BCUT2D eigenvalue weighted by Gasteiger charge is -2.60. The first-order chi connectivity index (χ1) is 31.3. The minimum absolute atomic E-state index is 0.000966. The van der Waals surface area contributed by atoms with Crippen LogP contribution in [-0.4, -0.2) is 76.5 Å². The number of hydrogen-bond acceptors (Lipinski definition) is 10. The Bertz CT molecular complexity index is 1850. The molecule has 1 heterocycles. The highest BCUT2D eigenvalue weighted by Crippen LogP contribution is 2.62. The SMILES string of the molecule is C=CCOc1ccc2c(c1)[C@H]1[C@H](CCCCO)[C@@H](CCCCO)C=C3C(=NOCc4ccc([N+](=O)[O-])cc4)C[C@H](N(CCC)C(=O)CCCCCCCCCCC)[C@@](OCC=C)(O2)[C@H]31. The van der Waals surface area contributed by atoms with Gasteiger partial charge in [-0.25, -0.2) is 0 Å². The molecule has 0 bridgehead atoms. The van der Waals surface area contributed by atoms with E-state index in [0.717, 1.165) is 68.1 Å². The van der Waals surface area contributed by atoms with Crippen LogP contribution in [0.1, 0.15) is 146 Å². The van der Waals surface area contributed by atoms with Crippen molar-refractivity contribution < 1.29 is 39.0 Å². The summed E-state index contributed by atoms with van der Waals surface area (Å²) in [7, 11) is 0. The van der Waals surface area contributed by atoms with Crippen LogP contribution in [0.2, 0.25) is 0 Å². The van der Waals surface area contributed by atoms with E-state index in [-0.39, 0.29) is 55.8 Å². The molecule has 2 N–H and O–H groups in total. The lowest BCUT2D eigenvalue weighted by Crippen LogP contribution is -2.70. The predicted molar refractivity (Wildman–Crippen MR) is 252 cm³/mol. The summed E-state index contributed by atoms with van der Waals surface area (Å²) in [6.07, 6.45) is 22.3. The molecule has 3 aliphatic rings. The van der Waals surface area contributed by atoms with Crippen LogP contribution < -0.4 is 9.47 Å². The summed E-state index contributed by atoms with van der Waals surface area (Å²) >= 11 is 0. The summed E-state index contributed by atoms with van der Waals surface area (Å²) in [6, 6.07) is 11.6. The molecule has 12 heteroatoms. The largest absolute Gasteiger partial charge is 0.490 e. The number of nitrogens with zero attached hydrogens (tertiary/aromatic N) is 3. The molecule has 1 saturated carbocycles. The molecule has 1 aliphatic heterocycles. The summed E-state index contributed by atoms with van der Waals surface area (Å²) in [5.41, 5.74) is 3.39. The fraction of sp³-hybridized carbons (Fsp3) is 0.615. The van der Waals surface area contributed by atoms with Crippen LogP contribution in [0.25, 0.3) is 0 Å². The molecule has 2 aliphatic carbocycles. The Morgan fingerprint density at radius 3 is 2.25 bits per heavy atom. The third-order valence-electron chi connectivity index (χ3n) is 13.2. The number of amides is 1. The number of ether oxygens (including phenoxy) is 3. The van der Waals surface area contributed by atoms with E-state index in [4.69, 9.17) is 24.2 Å². The molecule has 0 unspecified atom stereocenters. The van der Waals surface area contributed by atoms with Crippen LogP contribution in [0.3, 0.4) is 0 Å². The standard InChI is InChI=1S/C52H75N3O9/c1-5-9-10-11-12-13-14-15-16-23-49(58)54(30-6-2)48-37-46(53-63-38-39-24-26-41(27-25-39)55(59)60)44-35-40(21-17-19-31-56)43(22-18-20-32-57)50-45-36-42(61-33-7-3)28-29-47(45)64-52(48,51(44)50)62-34-8-4/h7-8,24-29,35-36,40,43,48,50-51,56-57H,3-6,9-23,30-34,37-38H2,1-2H3/t40-,43+,48-,50+,51+,52+/m0/s1. The van der Waals surface area contributed by atoms with Gasteiger partial charge in [0.2, 0.25) is 11.7 Å². The van der Waals surface area contributed by atoms with E-state index >= 15 is 0 Å². The van der Waals surface area contributed by atoms with Gasteiger partial charge in [-0.1, -0.05) is 108 Å². The molecule has 64 heavy (non-hydrogen) atoms. The fourth-order valence-electron chi connectivity index (χ4n) is 10.2. The lowest BCUT2D eigenvalue weighted by molar-refractivity contribution is -0.384. The van der Waals surface area contributed by atoms with Crippen LogP contribution in [-0.2, 0) is 21.0 Å². The van der Waals surface area contributed by atoms with Crippen LogP contribution >= 0.6 is 0 Å². The van der Waals surface area contributed by atoms with E-state index in [1.54, 1.807) is 24.3 Å². The average molecular weight is 886 g/mol. The Balaban J connectivity index is 1.63. The number of nitro benzene ring substituents is 1. The number of fused-ring (bicyclic) bond motifs is 2. The third kappa shape index (κ3) is 13.1. The topological polar surface area (TPSA) is 153 Å². The van der Waals surface area contributed by atoms with Gasteiger partial charge in [0.1, 0.15) is 30.8 Å². The van der Waals surface area contributed by atoms with Crippen molar-refractivity contribution in [2.24, 2.45) is 22.9 Å². The van der Waals surface area contributed by atoms with E-state index in [2.05, 4.69) is 39.1 Å². The molecule has 5 rings (SSSR count). The highest BCUT2D eigenvalue weighted by atomic mass is 16.7. The molecule has 2 aromatic carbocycles. The van der Waals surface area contributed by atoms with Crippen molar-refractivity contribution >= 4 is 17.3 Å². The number of hydrogen-bond donors (Lipinski definition) is 2. The number of allylic oxidation sites excluding steroid dienone is 1. The van der Waals surface area contributed by atoms with E-state index in [1.807, 2.05) is 17.0 Å². The van der Waals surface area contributed by atoms with Gasteiger partial charge in [0.05, 0.1) is 23.2 Å². The van der Waals surface area contributed by atoms with Gasteiger partial charge in [-0.2, -0.15) is 0 Å². The van der Waals surface area contributed by atoms with Crippen molar-refractivity contribution in [3.63, 3.8) is 0 Å². The summed E-state index contributed by atoms with van der Waals surface area (Å²) in [5.74, 6) is -0.318. The molecule has 0 radical (unpaired) electrons. The molecule has 0 spiro atoms. The zero-order valence-electron chi connectivity index (χ0n) is 38.6. The molecule has 12 nitrogen and oxygen atoms in total. The molecule has 0 saturated heterocycles. The highest BCUT2D eigenvalue weighted by molar-refractivity contribution is 6.03. The monoisotopic (exact) mass is 886 g/mol. The number of oxime groups is 1. The Labute approximate surface area is 381 Å². The summed E-state index contributed by atoms with van der Waals surface area (Å²) in [6.45, 7) is 13.6. The van der Waals surface area contributed by atoms with E-state index in [1.165, 1.54) is 50.7 Å². The van der Waals surface area contributed by atoms with Crippen molar-refractivity contribution in [1.29, 1.82) is 0 Å². The number of nitro groups is 1. The molecule has 0 aromatic heterocycles. The van der Waals surface area contributed by atoms with Crippen molar-refractivity contribution in [1.82, 2.24) is 4.90 Å². The Hall–Kier alpha value is -4.52. The zero-order valence-corrected chi connectivity index (χ0v) is 38.6. The Kier molecular flexibility index (Phi) is 20.9. The molecule has 6 atom stereocenters. The van der Waals surface area contributed by atoms with Gasteiger partial charge in [0, 0.05) is 56.2 Å². The maximum Gasteiger partial charge on any atom is 0.269 e. The highest BCUT2D eigenvalue weighted by Gasteiger charge is 2.65. The van der Waals surface area contributed by atoms with Crippen molar-refractivity contribution in [2.45, 2.75) is 154 Å². The molecule has 1 fully saturated rings. The summed E-state index contributed by atoms with van der Waals surface area (Å²) in [4.78, 5) is 33.9. The van der Waals surface area contributed by atoms with Crippen LogP contribution in [0.15, 0.2) is 84.6 Å². The second-order valence-corrected chi connectivity index (χ2v) is 17.7. The second kappa shape index (κ2) is 26.4. The Morgan fingerprint density at radius 1 is 0.906 bits per heavy atom. The quantitative estimate of drug-likeness (QED) is 0.0326. The van der Waals surface area contributed by atoms with E-state index in [9.17, 15) is 25.1 Å².